The Hall–Kier alpha value is -4.44. The zero-order valence-electron chi connectivity index (χ0n) is 24.4. The Morgan fingerprint density at radius 2 is 1.69 bits per heavy atom. The fourth-order valence-corrected chi connectivity index (χ4v) is 7.23. The number of amides is 1. The van der Waals surface area contributed by atoms with Crippen LogP contribution in [-0.2, 0) is 21.9 Å². The van der Waals surface area contributed by atoms with Gasteiger partial charge in [0.1, 0.15) is 18.1 Å². The van der Waals surface area contributed by atoms with E-state index in [1.165, 1.54) is 28.0 Å². The maximum Gasteiger partial charge on any atom is 0.301 e. The third-order valence-corrected chi connectivity index (χ3v) is 9.92. The van der Waals surface area contributed by atoms with Crippen LogP contribution in [0.2, 0.25) is 5.02 Å². The standard InChI is InChI=1S/C35H28ClN3O4S2/c1-21-12-13-22(2)27(18-21)31(40)29-30(24-14-16-26(17-15-24)43-19-23-8-4-3-5-9-23)39(33(42)32(29)41)34-37-38-35(45-34)44-20-25-10-6-7-11-28(25)36/h3-18,30,40H,19-20H2,1-2H3. The van der Waals surface area contributed by atoms with Crippen LogP contribution in [-0.4, -0.2) is 27.0 Å². The van der Waals surface area contributed by atoms with Crippen molar-refractivity contribution in [3.63, 3.8) is 0 Å². The van der Waals surface area contributed by atoms with Gasteiger partial charge in [-0.05, 0) is 60.4 Å². The molecule has 6 rings (SSSR count). The number of aliphatic hydroxyl groups is 1. The summed E-state index contributed by atoms with van der Waals surface area (Å²) in [6.45, 7) is 4.15. The Kier molecular flexibility index (Phi) is 9.02. The Bertz CT molecular complexity index is 1910. The van der Waals surface area contributed by atoms with Gasteiger partial charge >= 0.3 is 5.91 Å². The van der Waals surface area contributed by atoms with Gasteiger partial charge < -0.3 is 9.84 Å². The van der Waals surface area contributed by atoms with Crippen molar-refractivity contribution in [1.29, 1.82) is 0 Å². The molecule has 1 unspecified atom stereocenters. The van der Waals surface area contributed by atoms with E-state index in [-0.39, 0.29) is 16.5 Å². The van der Waals surface area contributed by atoms with Crippen molar-refractivity contribution in [2.75, 3.05) is 4.90 Å². The Morgan fingerprint density at radius 1 is 0.956 bits per heavy atom. The number of hydrogen-bond donors (Lipinski definition) is 1. The zero-order valence-corrected chi connectivity index (χ0v) is 26.8. The van der Waals surface area contributed by atoms with Gasteiger partial charge in [-0.3, -0.25) is 14.5 Å². The van der Waals surface area contributed by atoms with E-state index in [1.54, 1.807) is 24.3 Å². The summed E-state index contributed by atoms with van der Waals surface area (Å²) in [4.78, 5) is 28.7. The summed E-state index contributed by atoms with van der Waals surface area (Å²) in [6.07, 6.45) is 0. The first-order valence-corrected chi connectivity index (χ1v) is 16.3. The zero-order chi connectivity index (χ0) is 31.5. The van der Waals surface area contributed by atoms with Gasteiger partial charge in [-0.25, -0.2) is 0 Å². The molecule has 0 spiro atoms. The van der Waals surface area contributed by atoms with Crippen LogP contribution in [0.3, 0.4) is 0 Å². The van der Waals surface area contributed by atoms with Crippen molar-refractivity contribution in [1.82, 2.24) is 10.2 Å². The van der Waals surface area contributed by atoms with Crippen LogP contribution in [0.1, 0.15) is 39.4 Å². The highest BCUT2D eigenvalue weighted by Crippen LogP contribution is 2.44. The lowest BCUT2D eigenvalue weighted by Crippen LogP contribution is -2.29. The second-order valence-electron chi connectivity index (χ2n) is 10.6. The lowest BCUT2D eigenvalue weighted by atomic mass is 9.93. The fourth-order valence-electron chi connectivity index (χ4n) is 5.08. The minimum absolute atomic E-state index is 0.00729. The fraction of sp³-hybridized carbons (Fsp3) is 0.143. The summed E-state index contributed by atoms with van der Waals surface area (Å²) in [7, 11) is 0. The number of aryl methyl sites for hydroxylation is 2. The molecule has 45 heavy (non-hydrogen) atoms. The Balaban J connectivity index is 1.36. The number of Topliss-reactive ketones (excluding diaryl/α,β-unsaturated/α-hetero) is 1. The van der Waals surface area contributed by atoms with Crippen LogP contribution in [0, 0.1) is 13.8 Å². The summed E-state index contributed by atoms with van der Waals surface area (Å²) >= 11 is 8.97. The molecular formula is C35H28ClN3O4S2. The highest BCUT2D eigenvalue weighted by Gasteiger charge is 2.48. The number of hydrogen-bond acceptors (Lipinski definition) is 8. The van der Waals surface area contributed by atoms with E-state index in [2.05, 4.69) is 10.2 Å². The average Bonchev–Trinajstić information content (AvgIpc) is 3.62. The number of anilines is 1. The number of carbonyl (C=O) groups is 2. The summed E-state index contributed by atoms with van der Waals surface area (Å²) in [5, 5.41) is 21.1. The third kappa shape index (κ3) is 6.51. The Morgan fingerprint density at radius 3 is 2.44 bits per heavy atom. The van der Waals surface area contributed by atoms with Crippen molar-refractivity contribution >= 4 is 57.3 Å². The molecule has 1 amide bonds. The second kappa shape index (κ2) is 13.3. The van der Waals surface area contributed by atoms with E-state index in [1.807, 2.05) is 86.6 Å². The van der Waals surface area contributed by atoms with Gasteiger partial charge in [0.05, 0.1) is 11.6 Å². The van der Waals surface area contributed by atoms with E-state index in [4.69, 9.17) is 16.3 Å². The van der Waals surface area contributed by atoms with Gasteiger partial charge in [0.25, 0.3) is 5.78 Å². The number of halogens is 1. The van der Waals surface area contributed by atoms with Gasteiger partial charge in [0.2, 0.25) is 5.13 Å². The molecule has 0 aliphatic carbocycles. The number of carbonyl (C=O) groups excluding carboxylic acids is 2. The predicted octanol–water partition coefficient (Wildman–Crippen LogP) is 8.31. The third-order valence-electron chi connectivity index (χ3n) is 7.45. The molecule has 4 aromatic carbocycles. The molecule has 7 nitrogen and oxygen atoms in total. The topological polar surface area (TPSA) is 92.6 Å². The quantitative estimate of drug-likeness (QED) is 0.0562. The summed E-state index contributed by atoms with van der Waals surface area (Å²) in [5.74, 6) is -0.612. The number of ether oxygens (including phenoxy) is 1. The highest BCUT2D eigenvalue weighted by molar-refractivity contribution is 8.00. The minimum Gasteiger partial charge on any atom is -0.507 e. The van der Waals surface area contributed by atoms with Crippen LogP contribution < -0.4 is 9.64 Å². The van der Waals surface area contributed by atoms with E-state index in [0.717, 1.165) is 22.3 Å². The van der Waals surface area contributed by atoms with Crippen molar-refractivity contribution in [2.45, 2.75) is 36.6 Å². The lowest BCUT2D eigenvalue weighted by Gasteiger charge is -2.23. The molecule has 1 saturated heterocycles. The number of ketones is 1. The predicted molar refractivity (Wildman–Crippen MR) is 179 cm³/mol. The lowest BCUT2D eigenvalue weighted by molar-refractivity contribution is -0.132. The number of nitrogens with zero attached hydrogens (tertiary/aromatic N) is 3. The van der Waals surface area contributed by atoms with Crippen molar-refractivity contribution in [2.24, 2.45) is 0 Å². The molecule has 0 radical (unpaired) electrons. The van der Waals surface area contributed by atoms with Gasteiger partial charge in [-0.2, -0.15) is 0 Å². The molecule has 5 aromatic rings. The monoisotopic (exact) mass is 653 g/mol. The number of benzene rings is 4. The first-order chi connectivity index (χ1) is 21.8. The summed E-state index contributed by atoms with van der Waals surface area (Å²) < 4.78 is 6.59. The Labute approximate surface area is 274 Å². The SMILES string of the molecule is Cc1ccc(C)c(C(O)=C2C(=O)C(=O)N(c3nnc(SCc4ccccc4Cl)s3)C2c2ccc(OCc3ccccc3)cc2)c1. The first-order valence-electron chi connectivity index (χ1n) is 14.1. The van der Waals surface area contributed by atoms with E-state index in [9.17, 15) is 14.7 Å². The molecule has 1 aliphatic heterocycles. The van der Waals surface area contributed by atoms with Gasteiger partial charge in [0, 0.05) is 16.3 Å². The van der Waals surface area contributed by atoms with Crippen LogP contribution in [0.15, 0.2) is 107 Å². The van der Waals surface area contributed by atoms with Gasteiger partial charge in [-0.15, -0.1) is 10.2 Å². The molecule has 1 aliphatic rings. The van der Waals surface area contributed by atoms with E-state index < -0.39 is 17.7 Å². The molecular weight excluding hydrogens is 626 g/mol. The highest BCUT2D eigenvalue weighted by atomic mass is 35.5. The number of rotatable bonds is 9. The van der Waals surface area contributed by atoms with Gasteiger partial charge in [0.15, 0.2) is 4.34 Å². The number of thioether (sulfide) groups is 1. The summed E-state index contributed by atoms with van der Waals surface area (Å²) in [5.41, 5.74) is 4.78. The molecule has 226 valence electrons. The average molecular weight is 654 g/mol. The van der Waals surface area contributed by atoms with Crippen molar-refractivity contribution < 1.29 is 19.4 Å². The van der Waals surface area contributed by atoms with Crippen molar-refractivity contribution in [3.8, 4) is 5.75 Å². The largest absolute Gasteiger partial charge is 0.507 e. The van der Waals surface area contributed by atoms with Crippen molar-refractivity contribution in [3.05, 3.63) is 141 Å². The summed E-state index contributed by atoms with van der Waals surface area (Å²) in [6, 6.07) is 29.3. The second-order valence-corrected chi connectivity index (χ2v) is 13.1. The molecule has 10 heteroatoms. The van der Waals surface area contributed by atoms with Crippen LogP contribution >= 0.6 is 34.7 Å². The molecule has 1 atom stereocenters. The number of aromatic nitrogens is 2. The van der Waals surface area contributed by atoms with Crippen LogP contribution in [0.5, 0.6) is 5.75 Å². The molecule has 1 aromatic heterocycles. The molecule has 2 heterocycles. The van der Waals surface area contributed by atoms with E-state index in [0.29, 0.717) is 38.6 Å². The maximum absolute atomic E-state index is 13.7. The maximum atomic E-state index is 13.7. The van der Waals surface area contributed by atoms with Crippen LogP contribution in [0.25, 0.3) is 5.76 Å². The van der Waals surface area contributed by atoms with E-state index >= 15 is 0 Å². The number of aliphatic hydroxyl groups excluding tert-OH is 1. The normalized spacial score (nSPS) is 15.9. The van der Waals surface area contributed by atoms with Gasteiger partial charge in [-0.1, -0.05) is 113 Å². The molecule has 0 bridgehead atoms. The minimum atomic E-state index is -0.928. The molecule has 1 N–H and O–H groups in total. The smallest absolute Gasteiger partial charge is 0.301 e. The molecule has 1 fully saturated rings. The first kappa shape index (κ1) is 30.6. The molecule has 0 saturated carbocycles. The van der Waals surface area contributed by atoms with Crippen LogP contribution in [0.4, 0.5) is 5.13 Å².